The highest BCUT2D eigenvalue weighted by Crippen LogP contribution is 2.29. The number of rotatable bonds is 2. The molecule has 0 bridgehead atoms. The first-order chi connectivity index (χ1) is 11.5. The molecule has 1 aliphatic rings. The van der Waals surface area contributed by atoms with Gasteiger partial charge in [-0.2, -0.15) is 13.2 Å². The van der Waals surface area contributed by atoms with Crippen molar-refractivity contribution in [2.75, 3.05) is 13.1 Å². The average molecular weight is 358 g/mol. The van der Waals surface area contributed by atoms with Gasteiger partial charge in [0.1, 0.15) is 5.60 Å². The molecule has 2 rings (SSSR count). The Labute approximate surface area is 144 Å². The number of nitrogens with zero attached hydrogens (tertiary/aromatic N) is 1. The first kappa shape index (κ1) is 19.1. The lowest BCUT2D eigenvalue weighted by Gasteiger charge is -2.24. The standard InChI is InChI=1S/C17H21F3N2O3/c1-16(2,3)25-15(24)22-9-12(11-7-5-4-6-8-11)13(10-22)21-14(23)17(18,19)20/h4-8,12-13H,9-10H2,1-3H3,(H,21,23). The van der Waals surface area contributed by atoms with Gasteiger partial charge in [-0.15, -0.1) is 0 Å². The number of ether oxygens (including phenoxy) is 1. The van der Waals surface area contributed by atoms with Crippen molar-refractivity contribution in [2.45, 2.75) is 44.5 Å². The van der Waals surface area contributed by atoms with Gasteiger partial charge in [0.25, 0.3) is 0 Å². The molecule has 25 heavy (non-hydrogen) atoms. The van der Waals surface area contributed by atoms with Crippen LogP contribution in [0.5, 0.6) is 0 Å². The van der Waals surface area contributed by atoms with Gasteiger partial charge in [-0.25, -0.2) is 4.79 Å². The van der Waals surface area contributed by atoms with Crippen molar-refractivity contribution in [1.29, 1.82) is 0 Å². The third-order valence-electron chi connectivity index (χ3n) is 3.77. The molecule has 138 valence electrons. The van der Waals surface area contributed by atoms with E-state index in [4.69, 9.17) is 4.74 Å². The van der Waals surface area contributed by atoms with Crippen molar-refractivity contribution in [2.24, 2.45) is 0 Å². The maximum Gasteiger partial charge on any atom is 0.471 e. The van der Waals surface area contributed by atoms with E-state index in [0.29, 0.717) is 0 Å². The van der Waals surface area contributed by atoms with Crippen molar-refractivity contribution in [3.8, 4) is 0 Å². The highest BCUT2D eigenvalue weighted by molar-refractivity contribution is 5.82. The van der Waals surface area contributed by atoms with E-state index >= 15 is 0 Å². The topological polar surface area (TPSA) is 58.6 Å². The van der Waals surface area contributed by atoms with Gasteiger partial charge in [-0.3, -0.25) is 4.79 Å². The van der Waals surface area contributed by atoms with Gasteiger partial charge < -0.3 is 15.0 Å². The maximum absolute atomic E-state index is 12.6. The fourth-order valence-corrected chi connectivity index (χ4v) is 2.71. The maximum atomic E-state index is 12.6. The zero-order valence-corrected chi connectivity index (χ0v) is 14.3. The second-order valence-electron chi connectivity index (χ2n) is 6.98. The number of hydrogen-bond acceptors (Lipinski definition) is 3. The molecule has 0 aromatic heterocycles. The summed E-state index contributed by atoms with van der Waals surface area (Å²) in [6.07, 6.45) is -5.59. The minimum Gasteiger partial charge on any atom is -0.444 e. The van der Waals surface area contributed by atoms with E-state index in [1.165, 1.54) is 4.90 Å². The number of halogens is 3. The molecule has 8 heteroatoms. The van der Waals surface area contributed by atoms with Crippen LogP contribution in [0.3, 0.4) is 0 Å². The van der Waals surface area contributed by atoms with Gasteiger partial charge in [-0.1, -0.05) is 30.3 Å². The van der Waals surface area contributed by atoms with E-state index < -0.39 is 35.7 Å². The molecule has 0 spiro atoms. The summed E-state index contributed by atoms with van der Waals surface area (Å²) in [5, 5.41) is 2.00. The second kappa shape index (κ2) is 6.93. The Morgan fingerprint density at radius 2 is 1.72 bits per heavy atom. The van der Waals surface area contributed by atoms with Crippen LogP contribution < -0.4 is 5.32 Å². The lowest BCUT2D eigenvalue weighted by Crippen LogP contribution is -2.46. The summed E-state index contributed by atoms with van der Waals surface area (Å²) in [7, 11) is 0. The molecule has 0 radical (unpaired) electrons. The van der Waals surface area contributed by atoms with Crippen molar-refractivity contribution in [1.82, 2.24) is 10.2 Å². The van der Waals surface area contributed by atoms with E-state index in [1.54, 1.807) is 51.1 Å². The molecule has 1 saturated heterocycles. The molecule has 0 saturated carbocycles. The van der Waals surface area contributed by atoms with Gasteiger partial charge in [0.05, 0.1) is 6.04 Å². The Kier molecular flexibility index (Phi) is 5.29. The smallest absolute Gasteiger partial charge is 0.444 e. The molecule has 1 N–H and O–H groups in total. The lowest BCUT2D eigenvalue weighted by atomic mass is 9.94. The third kappa shape index (κ3) is 5.11. The molecule has 1 aromatic carbocycles. The predicted molar refractivity (Wildman–Crippen MR) is 85.0 cm³/mol. The summed E-state index contributed by atoms with van der Waals surface area (Å²) in [6.45, 7) is 5.24. The zero-order valence-electron chi connectivity index (χ0n) is 14.3. The number of benzene rings is 1. The van der Waals surface area contributed by atoms with Crippen molar-refractivity contribution >= 4 is 12.0 Å². The normalized spacial score (nSPS) is 21.1. The van der Waals surface area contributed by atoms with Crippen LogP contribution in [0, 0.1) is 0 Å². The summed E-state index contributed by atoms with van der Waals surface area (Å²) in [6, 6.07) is 7.98. The van der Waals surface area contributed by atoms with Gasteiger partial charge in [0.15, 0.2) is 0 Å². The van der Waals surface area contributed by atoms with Crippen LogP contribution in [0.25, 0.3) is 0 Å². The minimum absolute atomic E-state index is 0.0453. The van der Waals surface area contributed by atoms with E-state index in [2.05, 4.69) is 0 Å². The Hall–Kier alpha value is -2.25. The van der Waals surface area contributed by atoms with Crippen LogP contribution in [0.1, 0.15) is 32.3 Å². The molecular weight excluding hydrogens is 337 g/mol. The molecule has 2 atom stereocenters. The zero-order chi connectivity index (χ0) is 18.8. The minimum atomic E-state index is -4.97. The quantitative estimate of drug-likeness (QED) is 0.884. The number of alkyl halides is 3. The predicted octanol–water partition coefficient (Wildman–Crippen LogP) is 3.07. The largest absolute Gasteiger partial charge is 0.471 e. The summed E-state index contributed by atoms with van der Waals surface area (Å²) in [4.78, 5) is 24.9. The fraction of sp³-hybridized carbons (Fsp3) is 0.529. The molecule has 1 aliphatic heterocycles. The summed E-state index contributed by atoms with van der Waals surface area (Å²) < 4.78 is 43.1. The van der Waals surface area contributed by atoms with Gasteiger partial charge in [0.2, 0.25) is 0 Å². The number of hydrogen-bond donors (Lipinski definition) is 1. The average Bonchev–Trinajstić information content (AvgIpc) is 2.89. The monoisotopic (exact) mass is 358 g/mol. The van der Waals surface area contributed by atoms with Crippen LogP contribution in [-0.2, 0) is 9.53 Å². The van der Waals surface area contributed by atoms with Crippen molar-refractivity contribution in [3.05, 3.63) is 35.9 Å². The van der Waals surface area contributed by atoms with Crippen molar-refractivity contribution in [3.63, 3.8) is 0 Å². The second-order valence-corrected chi connectivity index (χ2v) is 6.98. The lowest BCUT2D eigenvalue weighted by molar-refractivity contribution is -0.174. The molecular formula is C17H21F3N2O3. The Bertz CT molecular complexity index is 626. The Morgan fingerprint density at radius 3 is 2.24 bits per heavy atom. The van der Waals surface area contributed by atoms with E-state index in [-0.39, 0.29) is 13.1 Å². The Morgan fingerprint density at radius 1 is 1.12 bits per heavy atom. The van der Waals surface area contributed by atoms with E-state index in [9.17, 15) is 22.8 Å². The van der Waals surface area contributed by atoms with Crippen molar-refractivity contribution < 1.29 is 27.5 Å². The summed E-state index contributed by atoms with van der Waals surface area (Å²) >= 11 is 0. The van der Waals surface area contributed by atoms with Crippen LogP contribution in [-0.4, -0.2) is 47.8 Å². The van der Waals surface area contributed by atoms with E-state index in [0.717, 1.165) is 5.56 Å². The van der Waals surface area contributed by atoms with E-state index in [1.807, 2.05) is 5.32 Å². The highest BCUT2D eigenvalue weighted by Gasteiger charge is 2.44. The van der Waals surface area contributed by atoms with Gasteiger partial charge >= 0.3 is 18.2 Å². The van der Waals surface area contributed by atoms with Crippen LogP contribution in [0.4, 0.5) is 18.0 Å². The van der Waals surface area contributed by atoms with Gasteiger partial charge in [0, 0.05) is 19.0 Å². The third-order valence-corrected chi connectivity index (χ3v) is 3.77. The highest BCUT2D eigenvalue weighted by atomic mass is 19.4. The molecule has 2 unspecified atom stereocenters. The Balaban J connectivity index is 2.19. The van der Waals surface area contributed by atoms with Crippen LogP contribution in [0.2, 0.25) is 0 Å². The molecule has 5 nitrogen and oxygen atoms in total. The summed E-state index contributed by atoms with van der Waals surface area (Å²) in [5.74, 6) is -2.45. The first-order valence-electron chi connectivity index (χ1n) is 7.88. The molecule has 1 aromatic rings. The summed E-state index contributed by atoms with van der Waals surface area (Å²) in [5.41, 5.74) is 0.0353. The molecule has 2 amide bonds. The molecule has 0 aliphatic carbocycles. The molecule has 1 heterocycles. The van der Waals surface area contributed by atoms with Crippen LogP contribution >= 0.6 is 0 Å². The number of likely N-dealkylation sites (tertiary alicyclic amines) is 1. The molecule has 1 fully saturated rings. The fourth-order valence-electron chi connectivity index (χ4n) is 2.71. The SMILES string of the molecule is CC(C)(C)OC(=O)N1CC(NC(=O)C(F)(F)F)C(c2ccccc2)C1. The number of nitrogens with one attached hydrogen (secondary N) is 1. The van der Waals surface area contributed by atoms with Gasteiger partial charge in [-0.05, 0) is 26.3 Å². The number of amides is 2. The number of carbonyl (C=O) groups is 2. The first-order valence-corrected chi connectivity index (χ1v) is 7.88. The van der Waals surface area contributed by atoms with Crippen LogP contribution in [0.15, 0.2) is 30.3 Å². The number of carbonyl (C=O) groups excluding carboxylic acids is 2.